The van der Waals surface area contributed by atoms with Crippen molar-refractivity contribution in [3.8, 4) is 0 Å². The van der Waals surface area contributed by atoms with Gasteiger partial charge in [0.05, 0.1) is 0 Å². The van der Waals surface area contributed by atoms with E-state index in [0.717, 1.165) is 0 Å². The lowest BCUT2D eigenvalue weighted by Crippen LogP contribution is -2.74. The maximum Gasteiger partial charge on any atom is 0.0428 e. The Morgan fingerprint density at radius 3 is 2.18 bits per heavy atom. The van der Waals surface area contributed by atoms with Crippen LogP contribution >= 0.6 is 0 Å². The average Bonchev–Trinajstić information content (AvgIpc) is 2.58. The SMILES string of the molecule is C1CCC(N2NNNNN2)C1. The highest BCUT2D eigenvalue weighted by molar-refractivity contribution is 4.72. The minimum Gasteiger partial charge on any atom is -0.164 e. The predicted octanol–water partition coefficient (Wildman–Crippen LogP) is -1.32. The first kappa shape index (κ1) is 7.41. The number of nitrogens with one attached hydrogen (secondary N) is 5. The normalized spacial score (nSPS) is 29.5. The minimum absolute atomic E-state index is 0.595. The van der Waals surface area contributed by atoms with Crippen LogP contribution in [0.3, 0.4) is 0 Å². The zero-order chi connectivity index (χ0) is 7.52. The molecule has 0 radical (unpaired) electrons. The summed E-state index contributed by atoms with van der Waals surface area (Å²) in [6, 6.07) is 0.595. The molecule has 0 atom stereocenters. The zero-order valence-electron chi connectivity index (χ0n) is 6.35. The van der Waals surface area contributed by atoms with Gasteiger partial charge in [0.25, 0.3) is 0 Å². The van der Waals surface area contributed by atoms with Crippen LogP contribution in [-0.2, 0) is 0 Å². The van der Waals surface area contributed by atoms with Crippen molar-refractivity contribution in [2.75, 3.05) is 0 Å². The van der Waals surface area contributed by atoms with Crippen molar-refractivity contribution in [1.29, 1.82) is 0 Å². The number of hydrogen-bond acceptors (Lipinski definition) is 6. The van der Waals surface area contributed by atoms with Crippen LogP contribution in [0.5, 0.6) is 0 Å². The summed E-state index contributed by atoms with van der Waals surface area (Å²) < 4.78 is 0. The molecule has 5 N–H and O–H groups in total. The summed E-state index contributed by atoms with van der Waals surface area (Å²) in [6.45, 7) is 0. The summed E-state index contributed by atoms with van der Waals surface area (Å²) in [5.41, 5.74) is 14.1. The molecule has 2 aliphatic rings. The molecular weight excluding hydrogens is 144 g/mol. The van der Waals surface area contributed by atoms with Gasteiger partial charge in [0.2, 0.25) is 0 Å². The van der Waals surface area contributed by atoms with Crippen LogP contribution in [0.2, 0.25) is 0 Å². The maximum absolute atomic E-state index is 2.96. The molecule has 0 amide bonds. The Kier molecular flexibility index (Phi) is 2.32. The van der Waals surface area contributed by atoms with Crippen LogP contribution in [0.25, 0.3) is 0 Å². The lowest BCUT2D eigenvalue weighted by atomic mass is 10.3. The monoisotopic (exact) mass is 158 g/mol. The van der Waals surface area contributed by atoms with Gasteiger partial charge in [-0.25, -0.2) is 0 Å². The molecule has 11 heavy (non-hydrogen) atoms. The zero-order valence-corrected chi connectivity index (χ0v) is 6.35. The summed E-state index contributed by atoms with van der Waals surface area (Å²) in [4.78, 5) is 0. The van der Waals surface area contributed by atoms with Gasteiger partial charge in [-0.2, -0.15) is 27.7 Å². The molecule has 2 fully saturated rings. The summed E-state index contributed by atoms with van der Waals surface area (Å²) in [5, 5.41) is 1.95. The van der Waals surface area contributed by atoms with E-state index < -0.39 is 0 Å². The van der Waals surface area contributed by atoms with E-state index in [1.807, 2.05) is 5.12 Å². The van der Waals surface area contributed by atoms with Gasteiger partial charge in [0, 0.05) is 6.04 Å². The smallest absolute Gasteiger partial charge is 0.0428 e. The molecule has 2 rings (SSSR count). The molecule has 64 valence electrons. The van der Waals surface area contributed by atoms with Crippen molar-refractivity contribution >= 4 is 0 Å². The molecule has 6 heteroatoms. The lowest BCUT2D eigenvalue weighted by molar-refractivity contribution is -0.0489. The molecule has 1 aliphatic heterocycles. The Morgan fingerprint density at radius 1 is 0.909 bits per heavy atom. The van der Waals surface area contributed by atoms with E-state index in [-0.39, 0.29) is 0 Å². The topological polar surface area (TPSA) is 63.4 Å². The summed E-state index contributed by atoms with van der Waals surface area (Å²) in [5.74, 6) is 0. The van der Waals surface area contributed by atoms with E-state index in [9.17, 15) is 0 Å². The third-order valence-corrected chi connectivity index (χ3v) is 2.17. The highest BCUT2D eigenvalue weighted by atomic mass is 16.1. The van der Waals surface area contributed by atoms with Crippen molar-refractivity contribution in [3.63, 3.8) is 0 Å². The van der Waals surface area contributed by atoms with E-state index in [1.165, 1.54) is 25.7 Å². The van der Waals surface area contributed by atoms with E-state index in [1.54, 1.807) is 0 Å². The first-order valence-corrected chi connectivity index (χ1v) is 4.02. The number of hydrazine groups is 6. The fraction of sp³-hybridized carbons (Fsp3) is 1.00. The first-order chi connectivity index (χ1) is 5.47. The molecule has 0 aromatic carbocycles. The van der Waals surface area contributed by atoms with E-state index in [0.29, 0.717) is 6.04 Å². The Labute approximate surface area is 65.5 Å². The van der Waals surface area contributed by atoms with E-state index in [2.05, 4.69) is 27.7 Å². The second kappa shape index (κ2) is 3.44. The van der Waals surface area contributed by atoms with Crippen LogP contribution < -0.4 is 27.7 Å². The van der Waals surface area contributed by atoms with Gasteiger partial charge in [-0.05, 0) is 12.8 Å². The van der Waals surface area contributed by atoms with Crippen molar-refractivity contribution in [1.82, 2.24) is 32.8 Å². The molecule has 0 unspecified atom stereocenters. The molecule has 1 heterocycles. The van der Waals surface area contributed by atoms with Gasteiger partial charge in [0.15, 0.2) is 0 Å². The quantitative estimate of drug-likeness (QED) is 0.326. The van der Waals surface area contributed by atoms with Crippen LogP contribution in [0, 0.1) is 0 Å². The first-order valence-electron chi connectivity index (χ1n) is 4.02. The maximum atomic E-state index is 2.96. The standard InChI is InChI=1S/C5H14N6/c1-2-4-5(3-1)11-9-7-6-8-10-11/h5-10H,1-4H2. The van der Waals surface area contributed by atoms with Gasteiger partial charge < -0.3 is 0 Å². The molecule has 1 saturated carbocycles. The molecule has 1 aliphatic carbocycles. The highest BCUT2D eigenvalue weighted by Gasteiger charge is 2.23. The second-order valence-corrected chi connectivity index (χ2v) is 2.91. The van der Waals surface area contributed by atoms with Crippen molar-refractivity contribution in [2.45, 2.75) is 31.7 Å². The predicted molar refractivity (Wildman–Crippen MR) is 39.8 cm³/mol. The molecule has 0 spiro atoms. The third-order valence-electron chi connectivity index (χ3n) is 2.17. The molecule has 1 saturated heterocycles. The van der Waals surface area contributed by atoms with Gasteiger partial charge in [-0.3, -0.25) is 0 Å². The van der Waals surface area contributed by atoms with Crippen LogP contribution in [-0.4, -0.2) is 11.2 Å². The third kappa shape index (κ3) is 1.67. The summed E-state index contributed by atoms with van der Waals surface area (Å²) in [7, 11) is 0. The number of hydrogen-bond donors (Lipinski definition) is 5. The summed E-state index contributed by atoms with van der Waals surface area (Å²) >= 11 is 0. The van der Waals surface area contributed by atoms with Crippen molar-refractivity contribution < 1.29 is 0 Å². The number of nitrogens with zero attached hydrogens (tertiary/aromatic N) is 1. The number of rotatable bonds is 1. The largest absolute Gasteiger partial charge is 0.164 e. The Bertz CT molecular complexity index is 116. The van der Waals surface area contributed by atoms with Crippen molar-refractivity contribution in [2.24, 2.45) is 0 Å². The van der Waals surface area contributed by atoms with Crippen LogP contribution in [0.15, 0.2) is 0 Å². The summed E-state index contributed by atoms with van der Waals surface area (Å²) in [6.07, 6.45) is 5.17. The van der Waals surface area contributed by atoms with E-state index in [4.69, 9.17) is 0 Å². The Morgan fingerprint density at radius 2 is 1.55 bits per heavy atom. The van der Waals surface area contributed by atoms with Gasteiger partial charge >= 0.3 is 0 Å². The molecule has 6 nitrogen and oxygen atoms in total. The second-order valence-electron chi connectivity index (χ2n) is 2.91. The van der Waals surface area contributed by atoms with E-state index >= 15 is 0 Å². The van der Waals surface area contributed by atoms with Gasteiger partial charge in [-0.15, -0.1) is 5.12 Å². The fourth-order valence-electron chi connectivity index (χ4n) is 1.58. The Hall–Kier alpha value is -0.240. The Balaban J connectivity index is 1.82. The average molecular weight is 158 g/mol. The molecule has 0 aromatic rings. The van der Waals surface area contributed by atoms with Crippen molar-refractivity contribution in [3.05, 3.63) is 0 Å². The molecule has 0 aromatic heterocycles. The lowest BCUT2D eigenvalue weighted by Gasteiger charge is -2.33. The van der Waals surface area contributed by atoms with Gasteiger partial charge in [0.1, 0.15) is 0 Å². The van der Waals surface area contributed by atoms with Crippen LogP contribution in [0.1, 0.15) is 25.7 Å². The fourth-order valence-corrected chi connectivity index (χ4v) is 1.58. The molecule has 0 bridgehead atoms. The minimum atomic E-state index is 0.595. The van der Waals surface area contributed by atoms with Crippen LogP contribution in [0.4, 0.5) is 0 Å². The molecular formula is C5H14N6. The van der Waals surface area contributed by atoms with Gasteiger partial charge in [-0.1, -0.05) is 12.8 Å². The highest BCUT2D eigenvalue weighted by Crippen LogP contribution is 2.20.